The summed E-state index contributed by atoms with van der Waals surface area (Å²) in [6.07, 6.45) is 4.87. The Morgan fingerprint density at radius 2 is 2.04 bits per heavy atom. The Labute approximate surface area is 140 Å². The number of aromatic nitrogens is 3. The molecule has 0 atom stereocenters. The van der Waals surface area contributed by atoms with Gasteiger partial charge in [-0.15, -0.1) is 10.2 Å². The molecular formula is C17H22FN5O. The van der Waals surface area contributed by atoms with Gasteiger partial charge >= 0.3 is 6.03 Å². The van der Waals surface area contributed by atoms with Gasteiger partial charge in [-0.25, -0.2) is 9.18 Å². The van der Waals surface area contributed by atoms with Crippen LogP contribution in [0.4, 0.5) is 9.18 Å². The minimum atomic E-state index is -0.280. The van der Waals surface area contributed by atoms with Gasteiger partial charge in [-0.1, -0.05) is 24.6 Å². The second kappa shape index (κ2) is 7.90. The molecule has 2 amide bonds. The first kappa shape index (κ1) is 16.4. The lowest BCUT2D eigenvalue weighted by Crippen LogP contribution is -2.36. The molecule has 2 aromatic rings. The van der Waals surface area contributed by atoms with Crippen molar-refractivity contribution in [1.82, 2.24) is 25.4 Å². The smallest absolute Gasteiger partial charge is 0.315 e. The maximum absolute atomic E-state index is 13.5. The number of fused-ring (bicyclic) bond motifs is 1. The molecular weight excluding hydrogens is 309 g/mol. The molecule has 2 heterocycles. The lowest BCUT2D eigenvalue weighted by Gasteiger charge is -2.09. The lowest BCUT2D eigenvalue weighted by atomic mass is 10.1. The number of aryl methyl sites for hydroxylation is 1. The third kappa shape index (κ3) is 4.10. The molecule has 1 aromatic carbocycles. The fourth-order valence-corrected chi connectivity index (χ4v) is 2.91. The van der Waals surface area contributed by atoms with Crippen molar-refractivity contribution < 1.29 is 9.18 Å². The maximum Gasteiger partial charge on any atom is 0.315 e. The minimum Gasteiger partial charge on any atom is -0.338 e. The van der Waals surface area contributed by atoms with E-state index in [0.717, 1.165) is 37.5 Å². The minimum absolute atomic E-state index is 0.245. The summed E-state index contributed by atoms with van der Waals surface area (Å²) in [4.78, 5) is 11.9. The second-order valence-electron chi connectivity index (χ2n) is 5.95. The van der Waals surface area contributed by atoms with Crippen LogP contribution in [0.25, 0.3) is 0 Å². The van der Waals surface area contributed by atoms with E-state index in [1.807, 2.05) is 0 Å². The summed E-state index contributed by atoms with van der Waals surface area (Å²) in [6.45, 7) is 1.64. The van der Waals surface area contributed by atoms with E-state index in [1.54, 1.807) is 18.2 Å². The molecule has 128 valence electrons. The first-order valence-electron chi connectivity index (χ1n) is 8.40. The zero-order valence-corrected chi connectivity index (χ0v) is 13.6. The second-order valence-corrected chi connectivity index (χ2v) is 5.95. The number of nitrogens with one attached hydrogen (secondary N) is 2. The largest absolute Gasteiger partial charge is 0.338 e. The topological polar surface area (TPSA) is 71.8 Å². The van der Waals surface area contributed by atoms with Gasteiger partial charge in [0.1, 0.15) is 11.6 Å². The van der Waals surface area contributed by atoms with Gasteiger partial charge in [-0.3, -0.25) is 0 Å². The van der Waals surface area contributed by atoms with E-state index in [1.165, 1.54) is 12.5 Å². The molecule has 6 nitrogen and oxygen atoms in total. The highest BCUT2D eigenvalue weighted by molar-refractivity contribution is 5.73. The summed E-state index contributed by atoms with van der Waals surface area (Å²) < 4.78 is 15.6. The highest BCUT2D eigenvalue weighted by Crippen LogP contribution is 2.14. The fourth-order valence-electron chi connectivity index (χ4n) is 2.91. The Hall–Kier alpha value is -2.44. The van der Waals surface area contributed by atoms with E-state index in [0.29, 0.717) is 25.1 Å². The lowest BCUT2D eigenvalue weighted by molar-refractivity contribution is 0.240. The third-order valence-electron chi connectivity index (χ3n) is 4.23. The van der Waals surface area contributed by atoms with Gasteiger partial charge in [0.15, 0.2) is 5.82 Å². The summed E-state index contributed by atoms with van der Waals surface area (Å²) in [6, 6.07) is 6.31. The van der Waals surface area contributed by atoms with Gasteiger partial charge in [-0.05, 0) is 30.9 Å². The Kier molecular flexibility index (Phi) is 5.40. The van der Waals surface area contributed by atoms with Gasteiger partial charge < -0.3 is 15.2 Å². The van der Waals surface area contributed by atoms with Crippen molar-refractivity contribution in [3.63, 3.8) is 0 Å². The molecule has 0 bridgehead atoms. The highest BCUT2D eigenvalue weighted by atomic mass is 19.1. The average molecular weight is 331 g/mol. The maximum atomic E-state index is 13.5. The van der Waals surface area contributed by atoms with Crippen LogP contribution < -0.4 is 10.6 Å². The monoisotopic (exact) mass is 331 g/mol. The van der Waals surface area contributed by atoms with Crippen molar-refractivity contribution in [2.24, 2.45) is 0 Å². The number of carbonyl (C=O) groups excluding carboxylic acids is 1. The number of hydrogen-bond acceptors (Lipinski definition) is 3. The third-order valence-corrected chi connectivity index (χ3v) is 4.23. The number of benzene rings is 1. The molecule has 0 unspecified atom stereocenters. The molecule has 0 saturated carbocycles. The number of urea groups is 1. The van der Waals surface area contributed by atoms with Crippen LogP contribution in [0.3, 0.4) is 0 Å². The molecule has 0 saturated heterocycles. The van der Waals surface area contributed by atoms with E-state index < -0.39 is 0 Å². The van der Waals surface area contributed by atoms with Crippen LogP contribution in [0.15, 0.2) is 24.3 Å². The highest BCUT2D eigenvalue weighted by Gasteiger charge is 2.14. The van der Waals surface area contributed by atoms with E-state index >= 15 is 0 Å². The fraction of sp³-hybridized carbons (Fsp3) is 0.471. The molecule has 2 N–H and O–H groups in total. The predicted octanol–water partition coefficient (Wildman–Crippen LogP) is 2.19. The van der Waals surface area contributed by atoms with Gasteiger partial charge in [0, 0.05) is 19.5 Å². The Bertz CT molecular complexity index is 700. The van der Waals surface area contributed by atoms with Crippen LogP contribution in [-0.4, -0.2) is 27.3 Å². The van der Waals surface area contributed by atoms with E-state index in [4.69, 9.17) is 0 Å². The first-order valence-corrected chi connectivity index (χ1v) is 8.40. The zero-order valence-electron chi connectivity index (χ0n) is 13.6. The molecule has 0 radical (unpaired) electrons. The molecule has 3 rings (SSSR count). The molecule has 24 heavy (non-hydrogen) atoms. The zero-order chi connectivity index (χ0) is 16.8. The van der Waals surface area contributed by atoms with E-state index in [9.17, 15) is 9.18 Å². The first-order chi connectivity index (χ1) is 11.7. The van der Waals surface area contributed by atoms with Crippen molar-refractivity contribution in [3.8, 4) is 0 Å². The predicted molar refractivity (Wildman–Crippen MR) is 87.9 cm³/mol. The van der Waals surface area contributed by atoms with Crippen molar-refractivity contribution >= 4 is 6.03 Å². The van der Waals surface area contributed by atoms with E-state index in [-0.39, 0.29) is 11.8 Å². The van der Waals surface area contributed by atoms with Crippen molar-refractivity contribution in [3.05, 3.63) is 47.3 Å². The standard InChI is InChI=1S/C17H22FN5O/c18-14-7-4-3-6-13(14)9-10-19-17(24)20-12-16-22-21-15-8-2-1-5-11-23(15)16/h3-4,6-7H,1-2,5,8-12H2,(H2,19,20,24). The van der Waals surface area contributed by atoms with Crippen LogP contribution in [0.1, 0.15) is 36.5 Å². The Morgan fingerprint density at radius 3 is 2.92 bits per heavy atom. The molecule has 0 aliphatic carbocycles. The number of hydrogen-bond donors (Lipinski definition) is 2. The van der Waals surface area contributed by atoms with Gasteiger partial charge in [0.25, 0.3) is 0 Å². The summed E-state index contributed by atoms with van der Waals surface area (Å²) in [5.74, 6) is 1.55. The van der Waals surface area contributed by atoms with Crippen LogP contribution in [0, 0.1) is 5.82 Å². The Balaban J connectivity index is 1.45. The van der Waals surface area contributed by atoms with Crippen LogP contribution in [-0.2, 0) is 25.9 Å². The van der Waals surface area contributed by atoms with Crippen molar-refractivity contribution in [2.45, 2.75) is 45.2 Å². The van der Waals surface area contributed by atoms with Crippen molar-refractivity contribution in [1.29, 1.82) is 0 Å². The van der Waals surface area contributed by atoms with E-state index in [2.05, 4.69) is 25.4 Å². The van der Waals surface area contributed by atoms with Crippen molar-refractivity contribution in [2.75, 3.05) is 6.54 Å². The van der Waals surface area contributed by atoms with Crippen LogP contribution in [0.2, 0.25) is 0 Å². The molecule has 0 fully saturated rings. The molecule has 7 heteroatoms. The Morgan fingerprint density at radius 1 is 1.17 bits per heavy atom. The summed E-state index contributed by atoms with van der Waals surface area (Å²) in [5.41, 5.74) is 0.598. The number of rotatable bonds is 5. The summed E-state index contributed by atoms with van der Waals surface area (Å²) in [7, 11) is 0. The number of carbonyl (C=O) groups is 1. The molecule has 1 aliphatic heterocycles. The van der Waals surface area contributed by atoms with Gasteiger partial charge in [0.05, 0.1) is 6.54 Å². The summed E-state index contributed by atoms with van der Waals surface area (Å²) >= 11 is 0. The van der Waals surface area contributed by atoms with Crippen LogP contribution >= 0.6 is 0 Å². The quantitative estimate of drug-likeness (QED) is 0.882. The van der Waals surface area contributed by atoms with Crippen LogP contribution in [0.5, 0.6) is 0 Å². The summed E-state index contributed by atoms with van der Waals surface area (Å²) in [5, 5.41) is 13.9. The van der Waals surface area contributed by atoms with Gasteiger partial charge in [-0.2, -0.15) is 0 Å². The number of amides is 2. The number of nitrogens with zero attached hydrogens (tertiary/aromatic N) is 3. The normalized spacial score (nSPS) is 13.9. The molecule has 1 aromatic heterocycles. The molecule has 1 aliphatic rings. The van der Waals surface area contributed by atoms with Gasteiger partial charge in [0.2, 0.25) is 0 Å². The SMILES string of the molecule is O=C(NCCc1ccccc1F)NCc1nnc2n1CCCCC2. The number of halogens is 1. The molecule has 0 spiro atoms. The average Bonchev–Trinajstić information content (AvgIpc) is 2.81.